The van der Waals surface area contributed by atoms with Crippen LogP contribution >= 0.6 is 11.3 Å². The summed E-state index contributed by atoms with van der Waals surface area (Å²) in [7, 11) is -3.20. The van der Waals surface area contributed by atoms with Crippen LogP contribution in [0.15, 0.2) is 40.5 Å². The number of thiophene rings is 1. The van der Waals surface area contributed by atoms with Gasteiger partial charge in [-0.3, -0.25) is 0 Å². The van der Waals surface area contributed by atoms with Crippen molar-refractivity contribution < 1.29 is 12.8 Å². The molecule has 0 aromatic carbocycles. The fraction of sp³-hybridized carbons (Fsp3) is 0.333. The molecule has 4 nitrogen and oxygen atoms in total. The van der Waals surface area contributed by atoms with Gasteiger partial charge in [-0.05, 0) is 23.9 Å². The smallest absolute Gasteiger partial charge is 0.211 e. The summed E-state index contributed by atoms with van der Waals surface area (Å²) in [6.07, 6.45) is 5.10. The van der Waals surface area contributed by atoms with E-state index in [2.05, 4.69) is 0 Å². The summed E-state index contributed by atoms with van der Waals surface area (Å²) in [6.45, 7) is 0.852. The van der Waals surface area contributed by atoms with Crippen LogP contribution in [0.5, 0.6) is 0 Å². The molecule has 98 valence electrons. The first-order valence-electron chi connectivity index (χ1n) is 5.54. The SMILES string of the molecule is CS(=O)(=O)N(CCc1cccs1)Cc1ccoc1. The van der Waals surface area contributed by atoms with Gasteiger partial charge in [0, 0.05) is 23.5 Å². The molecule has 2 heterocycles. The number of rotatable bonds is 6. The third kappa shape index (κ3) is 3.69. The zero-order valence-electron chi connectivity index (χ0n) is 10.1. The van der Waals surface area contributed by atoms with Gasteiger partial charge in [0.25, 0.3) is 0 Å². The Bertz CT molecular complexity index is 559. The Balaban J connectivity index is 2.02. The van der Waals surface area contributed by atoms with Crippen LogP contribution in [0.1, 0.15) is 10.4 Å². The van der Waals surface area contributed by atoms with Crippen molar-refractivity contribution in [2.45, 2.75) is 13.0 Å². The molecule has 2 aromatic heterocycles. The minimum Gasteiger partial charge on any atom is -0.472 e. The van der Waals surface area contributed by atoms with Crippen LogP contribution in [0.25, 0.3) is 0 Å². The topological polar surface area (TPSA) is 50.5 Å². The summed E-state index contributed by atoms with van der Waals surface area (Å²) >= 11 is 1.64. The molecule has 0 spiro atoms. The number of hydrogen-bond acceptors (Lipinski definition) is 4. The lowest BCUT2D eigenvalue weighted by atomic mass is 10.3. The summed E-state index contributed by atoms with van der Waals surface area (Å²) < 4.78 is 29.9. The molecule has 0 N–H and O–H groups in total. The number of sulfonamides is 1. The standard InChI is InChI=1S/C12H15NO3S2/c1-18(14,15)13(9-11-5-7-16-10-11)6-4-12-3-2-8-17-12/h2-3,5,7-8,10H,4,6,9H2,1H3. The molecule has 0 fully saturated rings. The summed E-state index contributed by atoms with van der Waals surface area (Å²) in [5.74, 6) is 0. The van der Waals surface area contributed by atoms with Gasteiger partial charge >= 0.3 is 0 Å². The van der Waals surface area contributed by atoms with E-state index in [0.717, 1.165) is 12.0 Å². The second kappa shape index (κ2) is 5.69. The van der Waals surface area contributed by atoms with E-state index in [1.807, 2.05) is 17.5 Å². The van der Waals surface area contributed by atoms with Crippen LogP contribution in [0, 0.1) is 0 Å². The molecule has 6 heteroatoms. The summed E-state index contributed by atoms with van der Waals surface area (Å²) in [5.41, 5.74) is 0.867. The van der Waals surface area contributed by atoms with E-state index in [9.17, 15) is 8.42 Å². The molecule has 2 aromatic rings. The van der Waals surface area contributed by atoms with Crippen LogP contribution < -0.4 is 0 Å². The molecule has 0 radical (unpaired) electrons. The molecule has 0 aliphatic rings. The highest BCUT2D eigenvalue weighted by atomic mass is 32.2. The average molecular weight is 285 g/mol. The molecule has 0 saturated carbocycles. The highest BCUT2D eigenvalue weighted by Gasteiger charge is 2.17. The first kappa shape index (κ1) is 13.3. The van der Waals surface area contributed by atoms with Crippen LogP contribution in [0.4, 0.5) is 0 Å². The van der Waals surface area contributed by atoms with Crippen LogP contribution in [0.2, 0.25) is 0 Å². The zero-order chi connectivity index (χ0) is 13.0. The average Bonchev–Trinajstić information content (AvgIpc) is 2.95. The minimum atomic E-state index is -3.20. The third-order valence-electron chi connectivity index (χ3n) is 2.60. The number of hydrogen-bond donors (Lipinski definition) is 0. The molecule has 0 atom stereocenters. The van der Waals surface area contributed by atoms with Gasteiger partial charge in [-0.25, -0.2) is 8.42 Å². The Morgan fingerprint density at radius 2 is 2.22 bits per heavy atom. The van der Waals surface area contributed by atoms with E-state index in [-0.39, 0.29) is 0 Å². The first-order chi connectivity index (χ1) is 8.55. The fourth-order valence-electron chi connectivity index (χ4n) is 1.64. The molecule has 0 aliphatic carbocycles. The number of furan rings is 1. The number of nitrogens with zero attached hydrogens (tertiary/aromatic N) is 1. The van der Waals surface area contributed by atoms with Crippen molar-refractivity contribution in [3.63, 3.8) is 0 Å². The lowest BCUT2D eigenvalue weighted by Gasteiger charge is -2.18. The quantitative estimate of drug-likeness (QED) is 0.818. The van der Waals surface area contributed by atoms with Crippen LogP contribution in [0.3, 0.4) is 0 Å². The van der Waals surface area contributed by atoms with Crippen molar-refractivity contribution in [1.29, 1.82) is 0 Å². The summed E-state index contributed by atoms with van der Waals surface area (Å²) in [4.78, 5) is 1.19. The van der Waals surface area contributed by atoms with Gasteiger partial charge in [0.05, 0.1) is 18.8 Å². The maximum Gasteiger partial charge on any atom is 0.211 e. The predicted molar refractivity (Wildman–Crippen MR) is 72.0 cm³/mol. The van der Waals surface area contributed by atoms with Crippen molar-refractivity contribution in [2.24, 2.45) is 0 Å². The van der Waals surface area contributed by atoms with Gasteiger partial charge < -0.3 is 4.42 Å². The third-order valence-corrected chi connectivity index (χ3v) is 4.78. The molecule has 0 bridgehead atoms. The first-order valence-corrected chi connectivity index (χ1v) is 8.27. The van der Waals surface area contributed by atoms with E-state index >= 15 is 0 Å². The molecule has 18 heavy (non-hydrogen) atoms. The molecule has 0 aliphatic heterocycles. The summed E-state index contributed by atoms with van der Waals surface area (Å²) in [6, 6.07) is 5.77. The van der Waals surface area contributed by atoms with Crippen LogP contribution in [-0.4, -0.2) is 25.5 Å². The van der Waals surface area contributed by atoms with Crippen molar-refractivity contribution in [1.82, 2.24) is 4.31 Å². The van der Waals surface area contributed by atoms with E-state index in [0.29, 0.717) is 13.1 Å². The Morgan fingerprint density at radius 1 is 1.39 bits per heavy atom. The van der Waals surface area contributed by atoms with Gasteiger partial charge in [0.2, 0.25) is 10.0 Å². The molecule has 0 unspecified atom stereocenters. The van der Waals surface area contributed by atoms with Gasteiger partial charge in [-0.15, -0.1) is 11.3 Å². The normalized spacial score (nSPS) is 12.1. The summed E-state index contributed by atoms with van der Waals surface area (Å²) in [5, 5.41) is 2.00. The van der Waals surface area contributed by atoms with E-state index in [1.165, 1.54) is 15.4 Å². The molecular formula is C12H15NO3S2. The maximum absolute atomic E-state index is 11.7. The Labute approximate surface area is 111 Å². The highest BCUT2D eigenvalue weighted by Crippen LogP contribution is 2.13. The van der Waals surface area contributed by atoms with Crippen molar-refractivity contribution >= 4 is 21.4 Å². The molecule has 0 saturated heterocycles. The molecular weight excluding hydrogens is 270 g/mol. The Morgan fingerprint density at radius 3 is 2.78 bits per heavy atom. The van der Waals surface area contributed by atoms with Crippen LogP contribution in [-0.2, 0) is 23.0 Å². The lowest BCUT2D eigenvalue weighted by molar-refractivity contribution is 0.412. The van der Waals surface area contributed by atoms with Crippen molar-refractivity contribution in [3.8, 4) is 0 Å². The van der Waals surface area contributed by atoms with E-state index in [1.54, 1.807) is 29.9 Å². The second-order valence-electron chi connectivity index (χ2n) is 4.06. The van der Waals surface area contributed by atoms with Crippen molar-refractivity contribution in [3.05, 3.63) is 46.5 Å². The Hall–Kier alpha value is -1.11. The minimum absolute atomic E-state index is 0.362. The van der Waals surface area contributed by atoms with Gasteiger partial charge in [0.15, 0.2) is 0 Å². The predicted octanol–water partition coefficient (Wildman–Crippen LogP) is 2.35. The maximum atomic E-state index is 11.7. The lowest BCUT2D eigenvalue weighted by Crippen LogP contribution is -2.31. The fourth-order valence-corrected chi connectivity index (χ4v) is 3.14. The van der Waals surface area contributed by atoms with Gasteiger partial charge in [-0.1, -0.05) is 6.07 Å². The van der Waals surface area contributed by atoms with Gasteiger partial charge in [0.1, 0.15) is 0 Å². The largest absolute Gasteiger partial charge is 0.472 e. The Kier molecular flexibility index (Phi) is 4.21. The highest BCUT2D eigenvalue weighted by molar-refractivity contribution is 7.88. The van der Waals surface area contributed by atoms with E-state index in [4.69, 9.17) is 4.42 Å². The van der Waals surface area contributed by atoms with E-state index < -0.39 is 10.0 Å². The van der Waals surface area contributed by atoms with Gasteiger partial charge in [-0.2, -0.15) is 4.31 Å². The second-order valence-corrected chi connectivity index (χ2v) is 7.07. The zero-order valence-corrected chi connectivity index (χ0v) is 11.7. The monoisotopic (exact) mass is 285 g/mol. The van der Waals surface area contributed by atoms with Crippen molar-refractivity contribution in [2.75, 3.05) is 12.8 Å². The molecule has 2 rings (SSSR count). The molecule has 0 amide bonds.